The summed E-state index contributed by atoms with van der Waals surface area (Å²) in [6.07, 6.45) is 0.833. The highest BCUT2D eigenvalue weighted by atomic mass is 35.5. The van der Waals surface area contributed by atoms with Gasteiger partial charge in [0.25, 0.3) is 0 Å². The number of benzene rings is 2. The SMILES string of the molecule is CCOc1ccc(C(Cl)=C(C(=O)C=NO)c2ccccc2)cc1. The molecule has 0 spiro atoms. The highest BCUT2D eigenvalue weighted by Crippen LogP contribution is 2.31. The minimum absolute atomic E-state index is 0.272. The predicted molar refractivity (Wildman–Crippen MR) is 92.0 cm³/mol. The van der Waals surface area contributed by atoms with E-state index in [1.165, 1.54) is 0 Å². The first-order valence-electron chi connectivity index (χ1n) is 7.07. The predicted octanol–water partition coefficient (Wildman–Crippen LogP) is 4.22. The molecule has 1 N–H and O–H groups in total. The lowest BCUT2D eigenvalue weighted by Gasteiger charge is -2.09. The van der Waals surface area contributed by atoms with Gasteiger partial charge in [0, 0.05) is 0 Å². The Bertz CT molecular complexity index is 722. The zero-order valence-electron chi connectivity index (χ0n) is 12.6. The molecule has 0 bridgehead atoms. The largest absolute Gasteiger partial charge is 0.494 e. The first kappa shape index (κ1) is 16.8. The van der Waals surface area contributed by atoms with E-state index in [-0.39, 0.29) is 10.6 Å². The number of nitrogens with zero attached hydrogens (tertiary/aromatic N) is 1. The minimum atomic E-state index is -0.474. The smallest absolute Gasteiger partial charge is 0.209 e. The monoisotopic (exact) mass is 329 g/mol. The number of ether oxygens (including phenoxy) is 1. The number of ketones is 1. The average Bonchev–Trinajstić information content (AvgIpc) is 2.57. The Kier molecular flexibility index (Phi) is 5.94. The summed E-state index contributed by atoms with van der Waals surface area (Å²) in [5, 5.41) is 11.7. The van der Waals surface area contributed by atoms with Gasteiger partial charge in [-0.05, 0) is 42.3 Å². The van der Waals surface area contributed by atoms with Gasteiger partial charge in [0.2, 0.25) is 5.78 Å². The molecule has 4 nitrogen and oxygen atoms in total. The van der Waals surface area contributed by atoms with Crippen LogP contribution in [0.5, 0.6) is 5.75 Å². The first-order chi connectivity index (χ1) is 11.2. The van der Waals surface area contributed by atoms with E-state index in [1.807, 2.05) is 13.0 Å². The maximum Gasteiger partial charge on any atom is 0.209 e. The van der Waals surface area contributed by atoms with Gasteiger partial charge in [-0.25, -0.2) is 0 Å². The molecule has 0 saturated carbocycles. The molecule has 0 amide bonds. The van der Waals surface area contributed by atoms with Crippen molar-refractivity contribution in [1.82, 2.24) is 0 Å². The van der Waals surface area contributed by atoms with Crippen LogP contribution in [0, 0.1) is 0 Å². The van der Waals surface area contributed by atoms with Crippen molar-refractivity contribution in [3.8, 4) is 5.75 Å². The Balaban J connectivity index is 2.50. The standard InChI is InChI=1S/C18H16ClNO3/c1-2-23-15-10-8-14(9-11-15)18(19)17(16(21)12-20-22)13-6-4-3-5-7-13/h3-12,22H,2H2,1H3. The summed E-state index contributed by atoms with van der Waals surface area (Å²) >= 11 is 6.44. The number of Topliss-reactive ketones (excluding diaryl/α,β-unsaturated/α-hetero) is 1. The first-order valence-corrected chi connectivity index (χ1v) is 7.45. The zero-order chi connectivity index (χ0) is 16.7. The number of allylic oxidation sites excluding steroid dienone is 1. The molecule has 23 heavy (non-hydrogen) atoms. The summed E-state index contributed by atoms with van der Waals surface area (Å²) < 4.78 is 5.39. The van der Waals surface area contributed by atoms with E-state index in [2.05, 4.69) is 5.16 Å². The Morgan fingerprint density at radius 3 is 2.35 bits per heavy atom. The van der Waals surface area contributed by atoms with Crippen LogP contribution in [0.2, 0.25) is 0 Å². The van der Waals surface area contributed by atoms with E-state index >= 15 is 0 Å². The second-order valence-corrected chi connectivity index (χ2v) is 5.00. The van der Waals surface area contributed by atoms with Crippen molar-refractivity contribution in [3.63, 3.8) is 0 Å². The number of carbonyl (C=O) groups is 1. The lowest BCUT2D eigenvalue weighted by molar-refractivity contribution is -0.107. The molecule has 0 unspecified atom stereocenters. The van der Waals surface area contributed by atoms with Crippen LogP contribution < -0.4 is 4.74 Å². The summed E-state index contributed by atoms with van der Waals surface area (Å²) in [5.41, 5.74) is 1.60. The Morgan fingerprint density at radius 1 is 1.13 bits per heavy atom. The second-order valence-electron chi connectivity index (χ2n) is 4.62. The third-order valence-corrected chi connectivity index (χ3v) is 3.53. The van der Waals surface area contributed by atoms with Crippen LogP contribution in [0.3, 0.4) is 0 Å². The van der Waals surface area contributed by atoms with Crippen LogP contribution >= 0.6 is 11.6 Å². The van der Waals surface area contributed by atoms with Gasteiger partial charge in [0.1, 0.15) is 12.0 Å². The van der Waals surface area contributed by atoms with E-state index in [4.69, 9.17) is 21.5 Å². The molecule has 0 fully saturated rings. The van der Waals surface area contributed by atoms with E-state index in [9.17, 15) is 4.79 Å². The quantitative estimate of drug-likeness (QED) is 0.284. The second kappa shape index (κ2) is 8.15. The number of hydrogen-bond acceptors (Lipinski definition) is 4. The fraction of sp³-hybridized carbons (Fsp3) is 0.111. The summed E-state index contributed by atoms with van der Waals surface area (Å²) in [6.45, 7) is 2.48. The summed E-state index contributed by atoms with van der Waals surface area (Å²) in [6, 6.07) is 16.1. The van der Waals surface area contributed by atoms with Crippen LogP contribution in [0.15, 0.2) is 59.8 Å². The molecular formula is C18H16ClNO3. The van der Waals surface area contributed by atoms with E-state index < -0.39 is 5.78 Å². The van der Waals surface area contributed by atoms with Crippen molar-refractivity contribution in [2.45, 2.75) is 6.92 Å². The van der Waals surface area contributed by atoms with Crippen molar-refractivity contribution >= 4 is 34.2 Å². The number of rotatable bonds is 6. The molecule has 0 radical (unpaired) electrons. The molecule has 0 aliphatic carbocycles. The number of oxime groups is 1. The highest BCUT2D eigenvalue weighted by molar-refractivity contribution is 6.62. The van der Waals surface area contributed by atoms with Gasteiger partial charge < -0.3 is 9.94 Å². The van der Waals surface area contributed by atoms with Crippen LogP contribution in [0.4, 0.5) is 0 Å². The molecule has 118 valence electrons. The maximum absolute atomic E-state index is 12.3. The molecule has 2 aromatic rings. The van der Waals surface area contributed by atoms with Crippen molar-refractivity contribution < 1.29 is 14.7 Å². The molecule has 2 rings (SSSR count). The van der Waals surface area contributed by atoms with Gasteiger partial charge in [-0.15, -0.1) is 0 Å². The van der Waals surface area contributed by atoms with E-state index in [0.29, 0.717) is 17.7 Å². The van der Waals surface area contributed by atoms with Crippen molar-refractivity contribution in [1.29, 1.82) is 0 Å². The lowest BCUT2D eigenvalue weighted by Crippen LogP contribution is -2.05. The molecule has 0 saturated heterocycles. The Labute approximate surface area is 139 Å². The number of halogens is 1. The average molecular weight is 330 g/mol. The number of hydrogen-bond donors (Lipinski definition) is 1. The minimum Gasteiger partial charge on any atom is -0.494 e. The lowest BCUT2D eigenvalue weighted by atomic mass is 9.99. The Morgan fingerprint density at radius 2 is 1.78 bits per heavy atom. The molecule has 2 aromatic carbocycles. The van der Waals surface area contributed by atoms with Gasteiger partial charge in [-0.3, -0.25) is 4.79 Å². The van der Waals surface area contributed by atoms with Crippen molar-refractivity contribution in [3.05, 3.63) is 65.7 Å². The molecule has 0 aliphatic rings. The normalized spacial score (nSPS) is 12.1. The van der Waals surface area contributed by atoms with Gasteiger partial charge in [0.05, 0.1) is 17.2 Å². The molecular weight excluding hydrogens is 314 g/mol. The van der Waals surface area contributed by atoms with Crippen LogP contribution in [-0.2, 0) is 4.79 Å². The van der Waals surface area contributed by atoms with E-state index in [1.54, 1.807) is 48.5 Å². The van der Waals surface area contributed by atoms with Crippen LogP contribution in [0.1, 0.15) is 18.1 Å². The van der Waals surface area contributed by atoms with Crippen molar-refractivity contribution in [2.24, 2.45) is 5.16 Å². The maximum atomic E-state index is 12.3. The summed E-state index contributed by atoms with van der Waals surface area (Å²) in [4.78, 5) is 12.3. The molecule has 0 aliphatic heterocycles. The third-order valence-electron chi connectivity index (χ3n) is 3.12. The van der Waals surface area contributed by atoms with E-state index in [0.717, 1.165) is 12.0 Å². The third kappa shape index (κ3) is 4.20. The van der Waals surface area contributed by atoms with Gasteiger partial charge in [-0.2, -0.15) is 0 Å². The highest BCUT2D eigenvalue weighted by Gasteiger charge is 2.16. The van der Waals surface area contributed by atoms with Gasteiger partial charge in [0.15, 0.2) is 0 Å². The summed E-state index contributed by atoms with van der Waals surface area (Å²) in [5.74, 6) is 0.253. The molecule has 0 aromatic heterocycles. The molecule has 5 heteroatoms. The Hall–Kier alpha value is -2.59. The van der Waals surface area contributed by atoms with Crippen LogP contribution in [-0.4, -0.2) is 23.8 Å². The topological polar surface area (TPSA) is 58.9 Å². The molecule has 0 heterocycles. The van der Waals surface area contributed by atoms with Gasteiger partial charge in [-0.1, -0.05) is 47.1 Å². The fourth-order valence-electron chi connectivity index (χ4n) is 2.11. The van der Waals surface area contributed by atoms with Crippen molar-refractivity contribution in [2.75, 3.05) is 6.61 Å². The zero-order valence-corrected chi connectivity index (χ0v) is 13.3. The fourth-order valence-corrected chi connectivity index (χ4v) is 2.44. The van der Waals surface area contributed by atoms with Crippen LogP contribution in [0.25, 0.3) is 10.6 Å². The molecule has 0 atom stereocenters. The number of carbonyl (C=O) groups excluding carboxylic acids is 1. The summed E-state index contributed by atoms with van der Waals surface area (Å²) in [7, 11) is 0. The van der Waals surface area contributed by atoms with Gasteiger partial charge >= 0.3 is 0 Å².